The normalized spacial score (nSPS) is 22.6. The van der Waals surface area contributed by atoms with Crippen molar-refractivity contribution in [2.45, 2.75) is 58.0 Å². The summed E-state index contributed by atoms with van der Waals surface area (Å²) < 4.78 is 5.32. The molecule has 1 heterocycles. The van der Waals surface area contributed by atoms with Crippen LogP contribution >= 0.6 is 0 Å². The van der Waals surface area contributed by atoms with E-state index in [1.165, 1.54) is 0 Å². The fourth-order valence-electron chi connectivity index (χ4n) is 3.04. The van der Waals surface area contributed by atoms with E-state index in [9.17, 15) is 0 Å². The van der Waals surface area contributed by atoms with Crippen molar-refractivity contribution in [2.24, 2.45) is 5.73 Å². The smallest absolute Gasteiger partial charge is 0.221 e. The Morgan fingerprint density at radius 3 is 2.60 bits per heavy atom. The van der Waals surface area contributed by atoms with E-state index in [1.807, 2.05) is 6.92 Å². The van der Waals surface area contributed by atoms with Crippen molar-refractivity contribution < 1.29 is 4.74 Å². The molecule has 0 atom stereocenters. The molecule has 0 bridgehead atoms. The third-order valence-corrected chi connectivity index (χ3v) is 4.12. The minimum atomic E-state index is 0.371. The summed E-state index contributed by atoms with van der Waals surface area (Å²) in [6.07, 6.45) is 7.20. The summed E-state index contributed by atoms with van der Waals surface area (Å²) in [5, 5.41) is 0. The number of hydrogen-bond donors (Lipinski definition) is 1. The van der Waals surface area contributed by atoms with Gasteiger partial charge in [0.15, 0.2) is 0 Å². The molecule has 0 amide bonds. The van der Waals surface area contributed by atoms with Crippen molar-refractivity contribution in [3.8, 4) is 5.88 Å². The highest BCUT2D eigenvalue weighted by molar-refractivity contribution is 5.51. The molecule has 2 N–H and O–H groups in total. The van der Waals surface area contributed by atoms with Crippen molar-refractivity contribution in [2.75, 3.05) is 18.6 Å². The maximum atomic E-state index is 6.02. The molecule has 0 aliphatic heterocycles. The Hall–Kier alpha value is -1.36. The van der Waals surface area contributed by atoms with Crippen LogP contribution in [-0.4, -0.2) is 35.7 Å². The molecule has 20 heavy (non-hydrogen) atoms. The van der Waals surface area contributed by atoms with E-state index in [0.717, 1.165) is 50.0 Å². The Labute approximate surface area is 121 Å². The molecular weight excluding hydrogens is 252 g/mol. The third-order valence-electron chi connectivity index (χ3n) is 4.12. The maximum Gasteiger partial charge on any atom is 0.221 e. The molecule has 0 spiro atoms. The van der Waals surface area contributed by atoms with Gasteiger partial charge in [-0.3, -0.25) is 0 Å². The van der Waals surface area contributed by atoms with E-state index in [0.29, 0.717) is 18.0 Å². The summed E-state index contributed by atoms with van der Waals surface area (Å²) >= 11 is 0. The van der Waals surface area contributed by atoms with E-state index < -0.39 is 0 Å². The van der Waals surface area contributed by atoms with Crippen LogP contribution in [0.3, 0.4) is 0 Å². The van der Waals surface area contributed by atoms with Crippen molar-refractivity contribution in [3.05, 3.63) is 11.9 Å². The number of nitrogens with zero attached hydrogens (tertiary/aromatic N) is 3. The molecule has 1 saturated carbocycles. The van der Waals surface area contributed by atoms with E-state index >= 15 is 0 Å². The van der Waals surface area contributed by atoms with Gasteiger partial charge in [0.1, 0.15) is 12.1 Å². The number of nitrogens with two attached hydrogens (primary N) is 1. The highest BCUT2D eigenvalue weighted by Crippen LogP contribution is 2.30. The first-order valence-electron chi connectivity index (χ1n) is 7.55. The van der Waals surface area contributed by atoms with Crippen LogP contribution in [0.4, 0.5) is 5.82 Å². The molecule has 2 rings (SSSR count). The zero-order chi connectivity index (χ0) is 14.5. The second-order valence-electron chi connectivity index (χ2n) is 5.59. The Morgan fingerprint density at radius 2 is 2.00 bits per heavy atom. The number of anilines is 1. The van der Waals surface area contributed by atoms with Crippen molar-refractivity contribution >= 4 is 5.82 Å². The van der Waals surface area contributed by atoms with Crippen LogP contribution in [0.15, 0.2) is 6.33 Å². The lowest BCUT2D eigenvalue weighted by Gasteiger charge is -2.37. The fraction of sp³-hybridized carbons (Fsp3) is 0.733. The highest BCUT2D eigenvalue weighted by atomic mass is 16.5. The monoisotopic (exact) mass is 278 g/mol. The predicted octanol–water partition coefficient (Wildman–Crippen LogP) is 2.28. The van der Waals surface area contributed by atoms with Crippen LogP contribution in [0.1, 0.15) is 44.6 Å². The highest BCUT2D eigenvalue weighted by Gasteiger charge is 2.26. The van der Waals surface area contributed by atoms with E-state index in [4.69, 9.17) is 10.5 Å². The topological polar surface area (TPSA) is 64.3 Å². The quantitative estimate of drug-likeness (QED) is 0.895. The van der Waals surface area contributed by atoms with Gasteiger partial charge in [-0.15, -0.1) is 0 Å². The minimum absolute atomic E-state index is 0.371. The molecule has 1 aromatic heterocycles. The lowest BCUT2D eigenvalue weighted by atomic mass is 9.90. The number of hydrogen-bond acceptors (Lipinski definition) is 5. The average Bonchev–Trinajstić information content (AvgIpc) is 2.47. The van der Waals surface area contributed by atoms with Crippen LogP contribution in [0, 0.1) is 6.92 Å². The van der Waals surface area contributed by atoms with Crippen molar-refractivity contribution in [3.63, 3.8) is 0 Å². The molecule has 0 saturated heterocycles. The molecule has 112 valence electrons. The van der Waals surface area contributed by atoms with Gasteiger partial charge in [0.05, 0.1) is 12.7 Å². The Kier molecular flexibility index (Phi) is 5.17. The van der Waals surface area contributed by atoms with Gasteiger partial charge < -0.3 is 15.4 Å². The largest absolute Gasteiger partial charge is 0.481 e. The zero-order valence-electron chi connectivity index (χ0n) is 12.8. The van der Waals surface area contributed by atoms with Gasteiger partial charge in [0, 0.05) is 18.6 Å². The van der Waals surface area contributed by atoms with Gasteiger partial charge in [0.2, 0.25) is 5.88 Å². The molecule has 1 aliphatic rings. The lowest BCUT2D eigenvalue weighted by Crippen LogP contribution is -2.42. The van der Waals surface area contributed by atoms with Crippen LogP contribution in [0.2, 0.25) is 0 Å². The zero-order valence-corrected chi connectivity index (χ0v) is 12.8. The van der Waals surface area contributed by atoms with Gasteiger partial charge in [-0.1, -0.05) is 6.92 Å². The molecule has 0 aromatic carbocycles. The minimum Gasteiger partial charge on any atom is -0.481 e. The van der Waals surface area contributed by atoms with Crippen LogP contribution in [0.25, 0.3) is 0 Å². The average molecular weight is 278 g/mol. The molecular formula is C15H26N4O. The lowest BCUT2D eigenvalue weighted by molar-refractivity contribution is 0.370. The van der Waals surface area contributed by atoms with Crippen molar-refractivity contribution in [1.82, 2.24) is 9.97 Å². The van der Waals surface area contributed by atoms with Crippen LogP contribution in [-0.2, 0) is 0 Å². The van der Waals surface area contributed by atoms with E-state index in [2.05, 4.69) is 21.8 Å². The number of aromatic nitrogens is 2. The summed E-state index contributed by atoms with van der Waals surface area (Å²) in [4.78, 5) is 11.1. The summed E-state index contributed by atoms with van der Waals surface area (Å²) in [6.45, 7) is 5.25. The van der Waals surface area contributed by atoms with Gasteiger partial charge in [-0.05, 0) is 39.0 Å². The van der Waals surface area contributed by atoms with Gasteiger partial charge in [-0.2, -0.15) is 0 Å². The fourth-order valence-corrected chi connectivity index (χ4v) is 3.04. The van der Waals surface area contributed by atoms with Crippen LogP contribution in [0.5, 0.6) is 5.88 Å². The van der Waals surface area contributed by atoms with E-state index in [-0.39, 0.29) is 0 Å². The second-order valence-corrected chi connectivity index (χ2v) is 5.59. The SMILES string of the molecule is CCCN(c1ncnc(OC)c1C)C1CCC(N)CC1. The second kappa shape index (κ2) is 6.88. The molecule has 0 unspecified atom stereocenters. The van der Waals surface area contributed by atoms with Gasteiger partial charge in [-0.25, -0.2) is 9.97 Å². The first-order chi connectivity index (χ1) is 9.67. The molecule has 1 aromatic rings. The van der Waals surface area contributed by atoms with Gasteiger partial charge >= 0.3 is 0 Å². The molecule has 5 heteroatoms. The molecule has 1 aliphatic carbocycles. The Bertz CT molecular complexity index is 430. The summed E-state index contributed by atoms with van der Waals surface area (Å²) in [5.41, 5.74) is 7.05. The van der Waals surface area contributed by atoms with Gasteiger partial charge in [0.25, 0.3) is 0 Å². The summed E-state index contributed by atoms with van der Waals surface area (Å²) in [5.74, 6) is 1.68. The number of methoxy groups -OCH3 is 1. The maximum absolute atomic E-state index is 6.02. The number of ether oxygens (including phenoxy) is 1. The summed E-state index contributed by atoms with van der Waals surface area (Å²) in [7, 11) is 1.66. The van der Waals surface area contributed by atoms with Crippen LogP contribution < -0.4 is 15.4 Å². The van der Waals surface area contributed by atoms with Crippen molar-refractivity contribution in [1.29, 1.82) is 0 Å². The Balaban J connectivity index is 2.24. The third kappa shape index (κ3) is 3.20. The standard InChI is InChI=1S/C15H26N4O/c1-4-9-19(13-7-5-12(16)6-8-13)14-11(2)15(20-3)18-10-17-14/h10,12-13H,4-9,16H2,1-3H3. The first kappa shape index (κ1) is 15.0. The molecule has 0 radical (unpaired) electrons. The van der Waals surface area contributed by atoms with E-state index in [1.54, 1.807) is 13.4 Å². The number of rotatable bonds is 5. The molecule has 5 nitrogen and oxygen atoms in total. The molecule has 1 fully saturated rings. The first-order valence-corrected chi connectivity index (χ1v) is 7.55. The predicted molar refractivity (Wildman–Crippen MR) is 81.2 cm³/mol. The Morgan fingerprint density at radius 1 is 1.30 bits per heavy atom. The summed E-state index contributed by atoms with van der Waals surface area (Å²) in [6, 6.07) is 0.906.